The van der Waals surface area contributed by atoms with Crippen LogP contribution in [-0.2, 0) is 11.2 Å². The topological polar surface area (TPSA) is 101 Å². The van der Waals surface area contributed by atoms with Crippen LogP contribution in [0.1, 0.15) is 28.4 Å². The molecule has 0 atom stereocenters. The number of carbonyl (C=O) groups is 2. The predicted molar refractivity (Wildman–Crippen MR) is 110 cm³/mol. The number of H-pyrrole nitrogens is 1. The fourth-order valence-corrected chi connectivity index (χ4v) is 3.24. The minimum Gasteiger partial charge on any atom is -0.490 e. The molecule has 3 rings (SSSR count). The van der Waals surface area contributed by atoms with E-state index >= 15 is 0 Å². The molecule has 7 nitrogen and oxygen atoms in total. The number of carboxylic acid groups (broad SMARTS) is 1. The molecule has 0 aliphatic heterocycles. The van der Waals surface area contributed by atoms with Gasteiger partial charge in [-0.15, -0.1) is 0 Å². The molecule has 0 fully saturated rings. The minimum atomic E-state index is -1.08. The number of ether oxygens (including phenoxy) is 2. The fourth-order valence-electron chi connectivity index (χ4n) is 3.24. The van der Waals surface area contributed by atoms with Crippen LogP contribution < -0.4 is 14.8 Å². The third-order valence-electron chi connectivity index (χ3n) is 4.53. The Hall–Kier alpha value is -3.48. The summed E-state index contributed by atoms with van der Waals surface area (Å²) in [5, 5.41) is 12.9. The maximum absolute atomic E-state index is 12.5. The summed E-state index contributed by atoms with van der Waals surface area (Å²) in [6.45, 7) is 4.25. The molecule has 0 aliphatic carbocycles. The lowest BCUT2D eigenvalue weighted by molar-refractivity contribution is -0.139. The first kappa shape index (κ1) is 20.3. The van der Waals surface area contributed by atoms with Crippen molar-refractivity contribution in [3.8, 4) is 11.5 Å². The van der Waals surface area contributed by atoms with E-state index in [4.69, 9.17) is 14.6 Å². The quantitative estimate of drug-likeness (QED) is 0.515. The largest absolute Gasteiger partial charge is 0.490 e. The predicted octanol–water partition coefficient (Wildman–Crippen LogP) is 3.31. The van der Waals surface area contributed by atoms with Crippen LogP contribution in [0.2, 0.25) is 0 Å². The summed E-state index contributed by atoms with van der Waals surface area (Å²) >= 11 is 0. The molecule has 2 aromatic carbocycles. The Balaban J connectivity index is 1.65. The van der Waals surface area contributed by atoms with E-state index in [9.17, 15) is 9.59 Å². The summed E-state index contributed by atoms with van der Waals surface area (Å²) in [7, 11) is 0. The first-order valence-corrected chi connectivity index (χ1v) is 9.44. The number of aromatic nitrogens is 1. The van der Waals surface area contributed by atoms with Crippen molar-refractivity contribution in [2.75, 3.05) is 19.8 Å². The number of hydrogen-bond acceptors (Lipinski definition) is 4. The Labute approximate surface area is 168 Å². The smallest absolute Gasteiger partial charge is 0.341 e. The third-order valence-corrected chi connectivity index (χ3v) is 4.53. The number of carbonyl (C=O) groups excluding carboxylic acids is 1. The van der Waals surface area contributed by atoms with E-state index in [1.165, 1.54) is 10.9 Å². The minimum absolute atomic E-state index is 0.229. The Morgan fingerprint density at radius 3 is 2.72 bits per heavy atom. The van der Waals surface area contributed by atoms with Crippen molar-refractivity contribution < 1.29 is 24.2 Å². The number of aryl methyl sites for hydroxylation is 1. The maximum atomic E-state index is 12.5. The number of carboxylic acids is 1. The molecule has 152 valence electrons. The maximum Gasteiger partial charge on any atom is 0.341 e. The van der Waals surface area contributed by atoms with E-state index in [0.29, 0.717) is 36.6 Å². The van der Waals surface area contributed by atoms with Gasteiger partial charge >= 0.3 is 5.97 Å². The van der Waals surface area contributed by atoms with Crippen molar-refractivity contribution in [3.05, 3.63) is 59.3 Å². The second kappa shape index (κ2) is 9.14. The van der Waals surface area contributed by atoms with E-state index in [1.807, 2.05) is 18.3 Å². The van der Waals surface area contributed by atoms with Gasteiger partial charge in [-0.2, -0.15) is 0 Å². The number of nitrogens with one attached hydrogen (secondary N) is 2. The highest BCUT2D eigenvalue weighted by molar-refractivity contribution is 5.95. The molecule has 3 N–H and O–H groups in total. The molecular weight excluding hydrogens is 372 g/mol. The lowest BCUT2D eigenvalue weighted by Crippen LogP contribution is -2.25. The van der Waals surface area contributed by atoms with Gasteiger partial charge in [-0.05, 0) is 55.7 Å². The first-order valence-electron chi connectivity index (χ1n) is 9.44. The highest BCUT2D eigenvalue weighted by atomic mass is 16.5. The van der Waals surface area contributed by atoms with E-state index < -0.39 is 12.6 Å². The standard InChI is InChI=1S/C22H24N2O5/c1-3-28-19-11-15(7-8-18(19)29-13-20(25)26)22(27)23-10-9-16-12-24-17-6-4-5-14(2)21(16)17/h4-8,11-12,24H,3,9-10,13H2,1-2H3,(H,23,27)(H,25,26). The van der Waals surface area contributed by atoms with Gasteiger partial charge in [0.1, 0.15) is 0 Å². The first-order chi connectivity index (χ1) is 14.0. The average molecular weight is 396 g/mol. The van der Waals surface area contributed by atoms with Gasteiger partial charge in [0.25, 0.3) is 5.91 Å². The van der Waals surface area contributed by atoms with E-state index in [2.05, 4.69) is 23.3 Å². The van der Waals surface area contributed by atoms with Crippen LogP contribution in [-0.4, -0.2) is 41.7 Å². The Morgan fingerprint density at radius 1 is 1.14 bits per heavy atom. The van der Waals surface area contributed by atoms with Crippen LogP contribution in [0.5, 0.6) is 11.5 Å². The van der Waals surface area contributed by atoms with Gasteiger partial charge in [0.2, 0.25) is 0 Å². The van der Waals surface area contributed by atoms with Crippen LogP contribution in [0.4, 0.5) is 0 Å². The van der Waals surface area contributed by atoms with Gasteiger partial charge in [0.05, 0.1) is 6.61 Å². The number of hydrogen-bond donors (Lipinski definition) is 3. The molecule has 0 unspecified atom stereocenters. The molecule has 1 heterocycles. The molecule has 0 saturated carbocycles. The molecule has 29 heavy (non-hydrogen) atoms. The van der Waals surface area contributed by atoms with Crippen LogP contribution in [0, 0.1) is 6.92 Å². The molecule has 0 saturated heterocycles. The molecule has 0 spiro atoms. The monoisotopic (exact) mass is 396 g/mol. The summed E-state index contributed by atoms with van der Waals surface area (Å²) in [6, 6.07) is 10.8. The SMILES string of the molecule is CCOc1cc(C(=O)NCCc2c[nH]c3cccc(C)c23)ccc1OCC(=O)O. The molecule has 1 amide bonds. The Morgan fingerprint density at radius 2 is 1.97 bits per heavy atom. The summed E-state index contributed by atoms with van der Waals surface area (Å²) < 4.78 is 10.7. The fraction of sp³-hybridized carbons (Fsp3) is 0.273. The van der Waals surface area contributed by atoms with Crippen molar-refractivity contribution in [3.63, 3.8) is 0 Å². The Kier molecular flexibility index (Phi) is 6.39. The highest BCUT2D eigenvalue weighted by Gasteiger charge is 2.13. The van der Waals surface area contributed by atoms with Crippen LogP contribution >= 0.6 is 0 Å². The van der Waals surface area contributed by atoms with Crippen molar-refractivity contribution in [1.29, 1.82) is 0 Å². The Bertz CT molecular complexity index is 1030. The zero-order valence-corrected chi connectivity index (χ0v) is 16.5. The summed E-state index contributed by atoms with van der Waals surface area (Å²) in [5.74, 6) is -0.678. The second-order valence-electron chi connectivity index (χ2n) is 6.59. The van der Waals surface area contributed by atoms with Crippen molar-refractivity contribution >= 4 is 22.8 Å². The van der Waals surface area contributed by atoms with Gasteiger partial charge in [-0.3, -0.25) is 4.79 Å². The summed E-state index contributed by atoms with van der Waals surface area (Å²) in [5.41, 5.74) is 3.87. The molecule has 0 bridgehead atoms. The van der Waals surface area contributed by atoms with Crippen LogP contribution in [0.15, 0.2) is 42.6 Å². The number of rotatable bonds is 9. The lowest BCUT2D eigenvalue weighted by atomic mass is 10.1. The molecule has 0 aliphatic rings. The van der Waals surface area contributed by atoms with Crippen molar-refractivity contribution in [2.45, 2.75) is 20.3 Å². The van der Waals surface area contributed by atoms with Gasteiger partial charge in [-0.1, -0.05) is 12.1 Å². The normalized spacial score (nSPS) is 10.7. The molecule has 7 heteroatoms. The number of amides is 1. The van der Waals surface area contributed by atoms with E-state index in [1.54, 1.807) is 25.1 Å². The highest BCUT2D eigenvalue weighted by Crippen LogP contribution is 2.28. The molecular formula is C22H24N2O5. The summed E-state index contributed by atoms with van der Waals surface area (Å²) in [4.78, 5) is 26.5. The lowest BCUT2D eigenvalue weighted by Gasteiger charge is -2.12. The second-order valence-corrected chi connectivity index (χ2v) is 6.59. The van der Waals surface area contributed by atoms with E-state index in [0.717, 1.165) is 11.1 Å². The molecule has 0 radical (unpaired) electrons. The average Bonchev–Trinajstić information content (AvgIpc) is 3.11. The van der Waals surface area contributed by atoms with Crippen molar-refractivity contribution in [1.82, 2.24) is 10.3 Å². The van der Waals surface area contributed by atoms with Gasteiger partial charge in [-0.25, -0.2) is 4.79 Å². The van der Waals surface area contributed by atoms with Gasteiger partial charge in [0.15, 0.2) is 18.1 Å². The van der Waals surface area contributed by atoms with E-state index in [-0.39, 0.29) is 5.91 Å². The van der Waals surface area contributed by atoms with Gasteiger partial charge < -0.3 is 24.9 Å². The number of aromatic amines is 1. The van der Waals surface area contributed by atoms with Gasteiger partial charge in [0, 0.05) is 29.2 Å². The van der Waals surface area contributed by atoms with Crippen molar-refractivity contribution in [2.24, 2.45) is 0 Å². The molecule has 3 aromatic rings. The van der Waals surface area contributed by atoms with Crippen LogP contribution in [0.25, 0.3) is 10.9 Å². The summed E-state index contributed by atoms with van der Waals surface area (Å²) in [6.07, 6.45) is 2.68. The zero-order chi connectivity index (χ0) is 20.8. The number of benzene rings is 2. The zero-order valence-electron chi connectivity index (χ0n) is 16.5. The van der Waals surface area contributed by atoms with Crippen LogP contribution in [0.3, 0.4) is 0 Å². The number of fused-ring (bicyclic) bond motifs is 1. The molecule has 1 aromatic heterocycles. The third kappa shape index (κ3) is 4.87. The number of aliphatic carboxylic acids is 1.